The van der Waals surface area contributed by atoms with Crippen LogP contribution in [0.4, 0.5) is 0 Å². The summed E-state index contributed by atoms with van der Waals surface area (Å²) in [4.78, 5) is 0. The standard InChI is InChI=1S/C24H29BO2/c1-23(2)24(3,4)27-25(26-23)22-12-8-6-10-19-14-13-18-9-5-7-11-20(17-22)21(15-18)16-19/h6-11,13-14,17H,5,12,15-16H2,1-4H3/b8-6-,11-7?,18-9?,19-10-,21-20-,22-17+. The molecule has 1 saturated heterocycles. The van der Waals surface area contributed by atoms with Crippen LogP contribution in [-0.4, -0.2) is 18.3 Å². The van der Waals surface area contributed by atoms with E-state index in [4.69, 9.17) is 9.31 Å². The second-order valence-corrected chi connectivity index (χ2v) is 8.84. The first-order chi connectivity index (χ1) is 12.8. The van der Waals surface area contributed by atoms with E-state index < -0.39 is 0 Å². The molecule has 0 saturated carbocycles. The molecule has 0 radical (unpaired) electrons. The molecule has 2 nitrogen and oxygen atoms in total. The van der Waals surface area contributed by atoms with Gasteiger partial charge in [0, 0.05) is 0 Å². The van der Waals surface area contributed by atoms with Crippen molar-refractivity contribution in [2.45, 2.75) is 64.6 Å². The van der Waals surface area contributed by atoms with Gasteiger partial charge in [0.05, 0.1) is 11.2 Å². The predicted molar refractivity (Wildman–Crippen MR) is 113 cm³/mol. The van der Waals surface area contributed by atoms with E-state index in [0.717, 1.165) is 25.7 Å². The van der Waals surface area contributed by atoms with Crippen LogP contribution < -0.4 is 0 Å². The van der Waals surface area contributed by atoms with Crippen molar-refractivity contribution in [2.24, 2.45) is 0 Å². The van der Waals surface area contributed by atoms with Gasteiger partial charge in [0.2, 0.25) is 0 Å². The maximum Gasteiger partial charge on any atom is 0.490 e. The van der Waals surface area contributed by atoms with Crippen LogP contribution in [0.1, 0.15) is 53.4 Å². The van der Waals surface area contributed by atoms with Crippen molar-refractivity contribution in [2.75, 3.05) is 0 Å². The summed E-state index contributed by atoms with van der Waals surface area (Å²) in [6.07, 6.45) is 24.2. The lowest BCUT2D eigenvalue weighted by molar-refractivity contribution is 0.00578. The predicted octanol–water partition coefficient (Wildman–Crippen LogP) is 5.96. The third kappa shape index (κ3) is 3.76. The van der Waals surface area contributed by atoms with Crippen molar-refractivity contribution in [3.63, 3.8) is 0 Å². The summed E-state index contributed by atoms with van der Waals surface area (Å²) in [5.41, 5.74) is 6.11. The molecule has 0 aromatic carbocycles. The van der Waals surface area contributed by atoms with Crippen LogP contribution in [0.5, 0.6) is 0 Å². The van der Waals surface area contributed by atoms with E-state index >= 15 is 0 Å². The first-order valence-corrected chi connectivity index (χ1v) is 10.0. The molecule has 0 unspecified atom stereocenters. The average molecular weight is 360 g/mol. The van der Waals surface area contributed by atoms with Gasteiger partial charge >= 0.3 is 7.12 Å². The molecule has 27 heavy (non-hydrogen) atoms. The van der Waals surface area contributed by atoms with Crippen molar-refractivity contribution in [3.05, 3.63) is 82.4 Å². The van der Waals surface area contributed by atoms with Crippen molar-refractivity contribution in [1.82, 2.24) is 0 Å². The van der Waals surface area contributed by atoms with Gasteiger partial charge in [-0.15, -0.1) is 0 Å². The lowest BCUT2D eigenvalue weighted by Gasteiger charge is -2.32. The summed E-state index contributed by atoms with van der Waals surface area (Å²) < 4.78 is 12.7. The summed E-state index contributed by atoms with van der Waals surface area (Å²) in [5.74, 6) is 0. The van der Waals surface area contributed by atoms with Crippen LogP contribution in [0.15, 0.2) is 82.4 Å². The summed E-state index contributed by atoms with van der Waals surface area (Å²) >= 11 is 0. The SMILES string of the molecule is CC1(C)OB(/C2=C/C3=C4/CC(=CCC=C3)C=C/C(=C/C=C\C2)C4)OC1(C)C. The van der Waals surface area contributed by atoms with Gasteiger partial charge in [0.25, 0.3) is 0 Å². The van der Waals surface area contributed by atoms with Gasteiger partial charge in [-0.3, -0.25) is 0 Å². The Bertz CT molecular complexity index is 828. The average Bonchev–Trinajstić information content (AvgIpc) is 2.74. The van der Waals surface area contributed by atoms with Crippen LogP contribution in [0.2, 0.25) is 0 Å². The molecule has 1 aliphatic heterocycles. The van der Waals surface area contributed by atoms with E-state index in [-0.39, 0.29) is 18.3 Å². The lowest BCUT2D eigenvalue weighted by atomic mass is 9.74. The first kappa shape index (κ1) is 18.5. The maximum atomic E-state index is 6.35. The molecule has 4 aliphatic rings. The lowest BCUT2D eigenvalue weighted by Crippen LogP contribution is -2.41. The minimum atomic E-state index is -0.318. The van der Waals surface area contributed by atoms with Crippen LogP contribution in [0.3, 0.4) is 0 Å². The second kappa shape index (κ2) is 6.96. The van der Waals surface area contributed by atoms with Gasteiger partial charge in [-0.25, -0.2) is 0 Å². The number of hydrogen-bond acceptors (Lipinski definition) is 2. The molecule has 3 heteroatoms. The molecule has 140 valence electrons. The highest BCUT2D eigenvalue weighted by Crippen LogP contribution is 2.40. The smallest absolute Gasteiger partial charge is 0.400 e. The topological polar surface area (TPSA) is 18.5 Å². The number of allylic oxidation sites excluding steroid dienone is 14. The van der Waals surface area contributed by atoms with E-state index in [1.54, 1.807) is 0 Å². The molecule has 3 bridgehead atoms. The zero-order chi connectivity index (χ0) is 19.1. The third-order valence-corrected chi connectivity index (χ3v) is 6.27. The fourth-order valence-corrected chi connectivity index (χ4v) is 3.84. The summed E-state index contributed by atoms with van der Waals surface area (Å²) in [7, 11) is -0.298. The maximum absolute atomic E-state index is 6.35. The molecule has 4 rings (SSSR count). The number of fused-ring (bicyclic) bond motifs is 2. The fourth-order valence-electron chi connectivity index (χ4n) is 3.84. The molecule has 0 aromatic heterocycles. The van der Waals surface area contributed by atoms with Crippen LogP contribution in [0.25, 0.3) is 0 Å². The van der Waals surface area contributed by atoms with Crippen LogP contribution >= 0.6 is 0 Å². The number of rotatable bonds is 1. The van der Waals surface area contributed by atoms with Gasteiger partial charge in [0.15, 0.2) is 0 Å². The minimum absolute atomic E-state index is 0.298. The Balaban J connectivity index is 1.77. The summed E-state index contributed by atoms with van der Waals surface area (Å²) in [6, 6.07) is 0. The Morgan fingerprint density at radius 3 is 2.37 bits per heavy atom. The van der Waals surface area contributed by atoms with E-state index in [1.165, 1.54) is 27.8 Å². The first-order valence-electron chi connectivity index (χ1n) is 10.0. The van der Waals surface area contributed by atoms with E-state index in [1.807, 2.05) is 0 Å². The minimum Gasteiger partial charge on any atom is -0.400 e. The quantitative estimate of drug-likeness (QED) is 0.537. The van der Waals surface area contributed by atoms with Crippen molar-refractivity contribution >= 4 is 7.12 Å². The molecule has 0 aromatic rings. The Labute approximate surface area is 163 Å². The third-order valence-electron chi connectivity index (χ3n) is 6.27. The molecule has 0 amide bonds. The molecule has 0 N–H and O–H groups in total. The van der Waals surface area contributed by atoms with Gasteiger partial charge in [-0.1, -0.05) is 60.3 Å². The van der Waals surface area contributed by atoms with E-state index in [2.05, 4.69) is 82.4 Å². The highest BCUT2D eigenvalue weighted by molar-refractivity contribution is 6.54. The van der Waals surface area contributed by atoms with Crippen LogP contribution in [0, 0.1) is 0 Å². The molecular weight excluding hydrogens is 331 g/mol. The Morgan fingerprint density at radius 2 is 1.59 bits per heavy atom. The largest absolute Gasteiger partial charge is 0.490 e. The van der Waals surface area contributed by atoms with Crippen LogP contribution in [-0.2, 0) is 9.31 Å². The van der Waals surface area contributed by atoms with Crippen molar-refractivity contribution < 1.29 is 9.31 Å². The molecule has 1 heterocycles. The zero-order valence-corrected chi connectivity index (χ0v) is 16.9. The molecule has 0 spiro atoms. The van der Waals surface area contributed by atoms with Gasteiger partial charge in [-0.2, -0.15) is 0 Å². The normalized spacial score (nSPS) is 33.9. The summed E-state index contributed by atoms with van der Waals surface area (Å²) in [5, 5.41) is 0. The molecule has 3 aliphatic carbocycles. The second-order valence-electron chi connectivity index (χ2n) is 8.84. The van der Waals surface area contributed by atoms with E-state index in [9.17, 15) is 0 Å². The number of hydrogen-bond donors (Lipinski definition) is 0. The molecule has 0 atom stereocenters. The fraction of sp³-hybridized carbons (Fsp3) is 0.417. The molecule has 1 fully saturated rings. The van der Waals surface area contributed by atoms with Gasteiger partial charge < -0.3 is 9.31 Å². The Morgan fingerprint density at radius 1 is 0.889 bits per heavy atom. The molecular formula is C24H29BO2. The Kier molecular flexibility index (Phi) is 4.77. The highest BCUT2D eigenvalue weighted by Gasteiger charge is 2.52. The van der Waals surface area contributed by atoms with E-state index in [0.29, 0.717) is 0 Å². The monoisotopic (exact) mass is 360 g/mol. The highest BCUT2D eigenvalue weighted by atomic mass is 16.7. The Hall–Kier alpha value is -1.84. The van der Waals surface area contributed by atoms with Crippen molar-refractivity contribution in [3.8, 4) is 0 Å². The zero-order valence-electron chi connectivity index (χ0n) is 16.9. The summed E-state index contributed by atoms with van der Waals surface area (Å²) in [6.45, 7) is 8.46. The van der Waals surface area contributed by atoms with Gasteiger partial charge in [0.1, 0.15) is 0 Å². The van der Waals surface area contributed by atoms with Gasteiger partial charge in [-0.05, 0) is 75.6 Å². The van der Waals surface area contributed by atoms with Crippen molar-refractivity contribution in [1.29, 1.82) is 0 Å².